The lowest BCUT2D eigenvalue weighted by Gasteiger charge is -2.35. The third-order valence-corrected chi connectivity index (χ3v) is 3.77. The first-order valence-corrected chi connectivity index (χ1v) is 6.65. The molecular formula is C10H16N4OS. The van der Waals surface area contributed by atoms with Crippen molar-refractivity contribution in [1.82, 2.24) is 15.5 Å². The van der Waals surface area contributed by atoms with Crippen molar-refractivity contribution >= 4 is 16.5 Å². The quantitative estimate of drug-likeness (QED) is 0.830. The Labute approximate surface area is 98.8 Å². The minimum Gasteiger partial charge on any atom is -0.377 e. The second kappa shape index (κ2) is 4.65. The number of nitrogens with zero attached hydrogens (tertiary/aromatic N) is 3. The molecule has 1 aromatic rings. The predicted octanol–water partition coefficient (Wildman–Crippen LogP) is 0.495. The van der Waals surface area contributed by atoms with Crippen LogP contribution in [0.5, 0.6) is 0 Å². The summed E-state index contributed by atoms with van der Waals surface area (Å²) in [5.74, 6) is 0. The van der Waals surface area contributed by atoms with E-state index in [4.69, 9.17) is 4.74 Å². The number of ether oxygens (including phenoxy) is 1. The van der Waals surface area contributed by atoms with Gasteiger partial charge in [0.05, 0.1) is 19.3 Å². The molecule has 0 radical (unpaired) electrons. The van der Waals surface area contributed by atoms with Gasteiger partial charge in [0.25, 0.3) is 0 Å². The number of morpholine rings is 1. The molecule has 0 aromatic carbocycles. The molecule has 0 bridgehead atoms. The Morgan fingerprint density at radius 1 is 1.56 bits per heavy atom. The van der Waals surface area contributed by atoms with Gasteiger partial charge in [-0.05, 0) is 12.8 Å². The number of hydrogen-bond donors (Lipinski definition) is 1. The highest BCUT2D eigenvalue weighted by Crippen LogP contribution is 2.22. The summed E-state index contributed by atoms with van der Waals surface area (Å²) in [5.41, 5.74) is 1.79. The molecule has 1 aromatic heterocycles. The van der Waals surface area contributed by atoms with Gasteiger partial charge in [0.15, 0.2) is 0 Å². The zero-order chi connectivity index (χ0) is 10.8. The molecule has 1 aliphatic carbocycles. The van der Waals surface area contributed by atoms with Crippen LogP contribution >= 0.6 is 11.3 Å². The van der Waals surface area contributed by atoms with E-state index in [0.29, 0.717) is 6.04 Å². The molecule has 2 aliphatic rings. The Morgan fingerprint density at radius 2 is 2.50 bits per heavy atom. The van der Waals surface area contributed by atoms with Crippen molar-refractivity contribution in [2.45, 2.75) is 24.9 Å². The van der Waals surface area contributed by atoms with Crippen LogP contribution in [-0.4, -0.2) is 48.6 Å². The minimum absolute atomic E-state index is 0.405. The first-order valence-electron chi connectivity index (χ1n) is 5.77. The third kappa shape index (κ3) is 2.34. The highest BCUT2D eigenvalue weighted by molar-refractivity contribution is 7.13. The van der Waals surface area contributed by atoms with Gasteiger partial charge >= 0.3 is 0 Å². The molecule has 0 amide bonds. The summed E-state index contributed by atoms with van der Waals surface area (Å²) in [4.78, 5) is 2.32. The fourth-order valence-corrected chi connectivity index (χ4v) is 2.62. The second-order valence-electron chi connectivity index (χ2n) is 4.33. The van der Waals surface area contributed by atoms with Crippen molar-refractivity contribution < 1.29 is 4.74 Å². The van der Waals surface area contributed by atoms with Gasteiger partial charge in [-0.25, -0.2) is 0 Å². The van der Waals surface area contributed by atoms with Crippen molar-refractivity contribution in [2.75, 3.05) is 31.2 Å². The SMILES string of the molecule is c1nnc(N2CCOCC2CNC2CC2)s1. The van der Waals surface area contributed by atoms with Crippen LogP contribution < -0.4 is 10.2 Å². The molecule has 1 unspecified atom stereocenters. The molecule has 2 fully saturated rings. The molecule has 6 heteroatoms. The van der Waals surface area contributed by atoms with Gasteiger partial charge in [0.2, 0.25) is 5.13 Å². The normalized spacial score (nSPS) is 26.0. The van der Waals surface area contributed by atoms with Gasteiger partial charge in [-0.1, -0.05) is 11.3 Å². The smallest absolute Gasteiger partial charge is 0.208 e. The van der Waals surface area contributed by atoms with Crippen LogP contribution in [0, 0.1) is 0 Å². The molecule has 1 N–H and O–H groups in total. The lowest BCUT2D eigenvalue weighted by Crippen LogP contribution is -2.51. The van der Waals surface area contributed by atoms with E-state index in [1.54, 1.807) is 16.8 Å². The summed E-state index contributed by atoms with van der Waals surface area (Å²) >= 11 is 1.60. The molecule has 88 valence electrons. The summed E-state index contributed by atoms with van der Waals surface area (Å²) in [6.45, 7) is 3.50. The van der Waals surface area contributed by atoms with Gasteiger partial charge in [0.1, 0.15) is 5.51 Å². The molecule has 1 atom stereocenters. The average Bonchev–Trinajstić information content (AvgIpc) is 3.00. The predicted molar refractivity (Wildman–Crippen MR) is 62.9 cm³/mol. The average molecular weight is 240 g/mol. The van der Waals surface area contributed by atoms with E-state index < -0.39 is 0 Å². The first kappa shape index (κ1) is 10.4. The fraction of sp³-hybridized carbons (Fsp3) is 0.800. The number of nitrogens with one attached hydrogen (secondary N) is 1. The molecule has 1 saturated carbocycles. The van der Waals surface area contributed by atoms with E-state index in [0.717, 1.165) is 37.5 Å². The Hall–Kier alpha value is -0.720. The van der Waals surface area contributed by atoms with Gasteiger partial charge in [0, 0.05) is 19.1 Å². The maximum atomic E-state index is 5.54. The summed E-state index contributed by atoms with van der Waals surface area (Å²) in [7, 11) is 0. The highest BCUT2D eigenvalue weighted by atomic mass is 32.1. The Balaban J connectivity index is 1.63. The molecule has 1 saturated heterocycles. The summed E-state index contributed by atoms with van der Waals surface area (Å²) < 4.78 is 5.54. The maximum absolute atomic E-state index is 5.54. The zero-order valence-electron chi connectivity index (χ0n) is 9.13. The van der Waals surface area contributed by atoms with Gasteiger partial charge in [-0.3, -0.25) is 0 Å². The summed E-state index contributed by atoms with van der Waals surface area (Å²) in [6, 6.07) is 1.15. The van der Waals surface area contributed by atoms with Crippen LogP contribution in [0.4, 0.5) is 5.13 Å². The lowest BCUT2D eigenvalue weighted by atomic mass is 10.2. The molecule has 2 heterocycles. The monoisotopic (exact) mass is 240 g/mol. The van der Waals surface area contributed by atoms with Crippen molar-refractivity contribution in [2.24, 2.45) is 0 Å². The molecular weight excluding hydrogens is 224 g/mol. The summed E-state index contributed by atoms with van der Waals surface area (Å²) in [6.07, 6.45) is 2.65. The van der Waals surface area contributed by atoms with Gasteiger partial charge in [-0.15, -0.1) is 10.2 Å². The standard InChI is InChI=1S/C10H16N4OS/c1-2-8(1)11-5-9-6-15-4-3-14(9)10-13-12-7-16-10/h7-9,11H,1-6H2. The van der Waals surface area contributed by atoms with Gasteiger partial charge in [-0.2, -0.15) is 0 Å². The Morgan fingerprint density at radius 3 is 3.25 bits per heavy atom. The maximum Gasteiger partial charge on any atom is 0.208 e. The van der Waals surface area contributed by atoms with Crippen molar-refractivity contribution in [1.29, 1.82) is 0 Å². The van der Waals surface area contributed by atoms with E-state index in [2.05, 4.69) is 20.4 Å². The van der Waals surface area contributed by atoms with Crippen LogP contribution in [0.25, 0.3) is 0 Å². The van der Waals surface area contributed by atoms with Crippen molar-refractivity contribution in [3.63, 3.8) is 0 Å². The molecule has 3 rings (SSSR count). The minimum atomic E-state index is 0.405. The number of rotatable bonds is 4. The van der Waals surface area contributed by atoms with E-state index >= 15 is 0 Å². The van der Waals surface area contributed by atoms with Crippen molar-refractivity contribution in [3.05, 3.63) is 5.51 Å². The molecule has 0 spiro atoms. The molecule has 5 nitrogen and oxygen atoms in total. The molecule has 1 aliphatic heterocycles. The largest absolute Gasteiger partial charge is 0.377 e. The van der Waals surface area contributed by atoms with E-state index in [1.165, 1.54) is 12.8 Å². The van der Waals surface area contributed by atoms with E-state index in [-0.39, 0.29) is 0 Å². The topological polar surface area (TPSA) is 50.3 Å². The van der Waals surface area contributed by atoms with Gasteiger partial charge < -0.3 is 15.0 Å². The lowest BCUT2D eigenvalue weighted by molar-refractivity contribution is 0.0936. The van der Waals surface area contributed by atoms with Crippen LogP contribution in [0.3, 0.4) is 0 Å². The fourth-order valence-electron chi connectivity index (χ4n) is 1.96. The van der Waals surface area contributed by atoms with Crippen LogP contribution in [0.15, 0.2) is 5.51 Å². The first-order chi connectivity index (χ1) is 7.93. The van der Waals surface area contributed by atoms with Crippen LogP contribution in [-0.2, 0) is 4.74 Å². The van der Waals surface area contributed by atoms with E-state index in [9.17, 15) is 0 Å². The Bertz CT molecular complexity index is 328. The van der Waals surface area contributed by atoms with Crippen molar-refractivity contribution in [3.8, 4) is 0 Å². The van der Waals surface area contributed by atoms with Crippen LogP contribution in [0.2, 0.25) is 0 Å². The number of anilines is 1. The second-order valence-corrected chi connectivity index (χ2v) is 5.14. The Kier molecular flexibility index (Phi) is 3.03. The van der Waals surface area contributed by atoms with Crippen LogP contribution in [0.1, 0.15) is 12.8 Å². The highest BCUT2D eigenvalue weighted by Gasteiger charge is 2.28. The zero-order valence-corrected chi connectivity index (χ0v) is 9.95. The molecule has 16 heavy (non-hydrogen) atoms. The number of hydrogen-bond acceptors (Lipinski definition) is 6. The number of aromatic nitrogens is 2. The summed E-state index contributed by atoms with van der Waals surface area (Å²) in [5, 5.41) is 12.6. The third-order valence-electron chi connectivity index (χ3n) is 3.04. The van der Waals surface area contributed by atoms with E-state index in [1.807, 2.05) is 0 Å².